The first-order chi connectivity index (χ1) is 7.11. The molecule has 0 saturated heterocycles. The van der Waals surface area contributed by atoms with Gasteiger partial charge < -0.3 is 4.98 Å². The van der Waals surface area contributed by atoms with Crippen molar-refractivity contribution in [2.24, 2.45) is 0 Å². The maximum Gasteiger partial charge on any atom is 0.282 e. The predicted molar refractivity (Wildman–Crippen MR) is 52.8 cm³/mol. The zero-order valence-electron chi connectivity index (χ0n) is 7.85. The molecular weight excluding hydrogens is 198 g/mol. The second-order valence-corrected chi connectivity index (χ2v) is 3.07. The molecule has 0 aliphatic rings. The van der Waals surface area contributed by atoms with Crippen molar-refractivity contribution < 1.29 is 9.72 Å². The topological polar surface area (TPSA) is 88.9 Å². The number of aromatic nitrogens is 2. The second kappa shape index (κ2) is 3.16. The van der Waals surface area contributed by atoms with Gasteiger partial charge in [0.15, 0.2) is 5.78 Å². The number of benzene rings is 1. The Balaban J connectivity index is 2.87. The van der Waals surface area contributed by atoms with Crippen molar-refractivity contribution in [3.8, 4) is 0 Å². The van der Waals surface area contributed by atoms with E-state index >= 15 is 0 Å². The third kappa shape index (κ3) is 1.35. The zero-order valence-corrected chi connectivity index (χ0v) is 7.85. The highest BCUT2D eigenvalue weighted by Crippen LogP contribution is 2.25. The molecule has 1 N–H and O–H groups in total. The van der Waals surface area contributed by atoms with Crippen LogP contribution in [-0.4, -0.2) is 20.7 Å². The molecule has 0 fully saturated rings. The number of imidazole rings is 1. The van der Waals surface area contributed by atoms with Gasteiger partial charge in [-0.3, -0.25) is 14.9 Å². The molecule has 0 saturated carbocycles. The minimum absolute atomic E-state index is 0.0544. The highest BCUT2D eigenvalue weighted by Gasteiger charge is 2.21. The van der Waals surface area contributed by atoms with Crippen LogP contribution >= 0.6 is 0 Å². The van der Waals surface area contributed by atoms with Crippen LogP contribution in [0.15, 0.2) is 18.5 Å². The Labute approximate surface area is 84.1 Å². The van der Waals surface area contributed by atoms with Crippen molar-refractivity contribution in [2.75, 3.05) is 0 Å². The average molecular weight is 205 g/mol. The smallest absolute Gasteiger partial charge is 0.282 e. The summed E-state index contributed by atoms with van der Waals surface area (Å²) in [6.07, 6.45) is 1.40. The summed E-state index contributed by atoms with van der Waals surface area (Å²) in [5.74, 6) is -0.362. The molecule has 0 spiro atoms. The fourth-order valence-electron chi connectivity index (χ4n) is 1.50. The van der Waals surface area contributed by atoms with E-state index in [2.05, 4.69) is 9.97 Å². The van der Waals surface area contributed by atoms with Crippen LogP contribution in [0.5, 0.6) is 0 Å². The van der Waals surface area contributed by atoms with Crippen LogP contribution in [0.1, 0.15) is 17.3 Å². The Morgan fingerprint density at radius 1 is 1.53 bits per heavy atom. The molecule has 0 unspecified atom stereocenters. The lowest BCUT2D eigenvalue weighted by Crippen LogP contribution is -2.01. The molecule has 2 aromatic rings. The van der Waals surface area contributed by atoms with Gasteiger partial charge in [0.05, 0.1) is 16.8 Å². The quantitative estimate of drug-likeness (QED) is 0.458. The molecule has 1 aromatic carbocycles. The minimum atomic E-state index is -0.579. The van der Waals surface area contributed by atoms with Crippen LogP contribution in [0.25, 0.3) is 11.0 Å². The lowest BCUT2D eigenvalue weighted by molar-refractivity contribution is -0.385. The van der Waals surface area contributed by atoms with Gasteiger partial charge in [-0.1, -0.05) is 0 Å². The Bertz CT molecular complexity index is 559. The van der Waals surface area contributed by atoms with E-state index in [0.29, 0.717) is 11.0 Å². The van der Waals surface area contributed by atoms with E-state index in [1.54, 1.807) is 0 Å². The largest absolute Gasteiger partial charge is 0.345 e. The average Bonchev–Trinajstić information content (AvgIpc) is 2.62. The Kier molecular flexibility index (Phi) is 1.96. The van der Waals surface area contributed by atoms with E-state index in [-0.39, 0.29) is 17.0 Å². The Hall–Kier alpha value is -2.24. The number of nitrogens with zero attached hydrogens (tertiary/aromatic N) is 2. The molecule has 76 valence electrons. The van der Waals surface area contributed by atoms with Crippen LogP contribution in [0, 0.1) is 10.1 Å². The fraction of sp³-hybridized carbons (Fsp3) is 0.111. The molecule has 2 rings (SSSR count). The van der Waals surface area contributed by atoms with Crippen LogP contribution in [0.4, 0.5) is 5.69 Å². The first-order valence-corrected chi connectivity index (χ1v) is 4.22. The summed E-state index contributed by atoms with van der Waals surface area (Å²) in [5, 5.41) is 10.7. The van der Waals surface area contributed by atoms with E-state index in [4.69, 9.17) is 0 Å². The number of ketones is 1. The maximum atomic E-state index is 11.3. The van der Waals surface area contributed by atoms with Gasteiger partial charge >= 0.3 is 0 Å². The molecule has 15 heavy (non-hydrogen) atoms. The van der Waals surface area contributed by atoms with Crippen molar-refractivity contribution in [1.29, 1.82) is 0 Å². The van der Waals surface area contributed by atoms with Crippen LogP contribution in [0.3, 0.4) is 0 Å². The van der Waals surface area contributed by atoms with Crippen LogP contribution < -0.4 is 0 Å². The number of carbonyl (C=O) groups excluding carboxylic acids is 1. The van der Waals surface area contributed by atoms with Crippen molar-refractivity contribution in [2.45, 2.75) is 6.92 Å². The number of fused-ring (bicyclic) bond motifs is 1. The van der Waals surface area contributed by atoms with Gasteiger partial charge in [-0.25, -0.2) is 4.98 Å². The Morgan fingerprint density at radius 2 is 2.27 bits per heavy atom. The molecule has 0 amide bonds. The SMILES string of the molecule is CC(=O)c1c([N+](=O)[O-])ccc2[nH]cnc12. The van der Waals surface area contributed by atoms with Crippen LogP contribution in [-0.2, 0) is 0 Å². The molecule has 1 aromatic heterocycles. The molecule has 0 atom stereocenters. The molecule has 0 radical (unpaired) electrons. The van der Waals surface area contributed by atoms with E-state index in [0.717, 1.165) is 0 Å². The normalized spacial score (nSPS) is 10.5. The van der Waals surface area contributed by atoms with Crippen molar-refractivity contribution in [3.05, 3.63) is 34.1 Å². The molecule has 6 heteroatoms. The van der Waals surface area contributed by atoms with Gasteiger partial charge in [0.25, 0.3) is 5.69 Å². The number of aromatic amines is 1. The van der Waals surface area contributed by atoms with Crippen LogP contribution in [0.2, 0.25) is 0 Å². The summed E-state index contributed by atoms with van der Waals surface area (Å²) in [6, 6.07) is 2.84. The Morgan fingerprint density at radius 3 is 2.87 bits per heavy atom. The van der Waals surface area contributed by atoms with Gasteiger partial charge in [0.2, 0.25) is 0 Å². The summed E-state index contributed by atoms with van der Waals surface area (Å²) < 4.78 is 0. The summed E-state index contributed by atoms with van der Waals surface area (Å²) >= 11 is 0. The minimum Gasteiger partial charge on any atom is -0.345 e. The molecule has 1 heterocycles. The molecule has 0 aliphatic carbocycles. The zero-order chi connectivity index (χ0) is 11.0. The van der Waals surface area contributed by atoms with Gasteiger partial charge in [-0.15, -0.1) is 0 Å². The van der Waals surface area contributed by atoms with Crippen molar-refractivity contribution in [3.63, 3.8) is 0 Å². The number of carbonyl (C=O) groups is 1. The van der Waals surface area contributed by atoms with Crippen molar-refractivity contribution in [1.82, 2.24) is 9.97 Å². The summed E-state index contributed by atoms with van der Waals surface area (Å²) in [7, 11) is 0. The second-order valence-electron chi connectivity index (χ2n) is 3.07. The number of hydrogen-bond acceptors (Lipinski definition) is 4. The third-order valence-corrected chi connectivity index (χ3v) is 2.12. The molecule has 0 aliphatic heterocycles. The third-order valence-electron chi connectivity index (χ3n) is 2.12. The van der Waals surface area contributed by atoms with Crippen molar-refractivity contribution >= 4 is 22.5 Å². The number of nitro benzene ring substituents is 1. The van der Waals surface area contributed by atoms with Gasteiger partial charge in [-0.2, -0.15) is 0 Å². The fourth-order valence-corrected chi connectivity index (χ4v) is 1.50. The lowest BCUT2D eigenvalue weighted by Gasteiger charge is -1.99. The predicted octanol–water partition coefficient (Wildman–Crippen LogP) is 1.67. The number of H-pyrrole nitrogens is 1. The number of Topliss-reactive ketones (excluding diaryl/α,β-unsaturated/α-hetero) is 1. The number of nitro groups is 1. The standard InChI is InChI=1S/C9H7N3O3/c1-5(13)8-7(12(14)15)3-2-6-9(8)11-4-10-6/h2-4H,1H3,(H,10,11). The molecule has 6 nitrogen and oxygen atoms in total. The van der Waals surface area contributed by atoms with E-state index in [9.17, 15) is 14.9 Å². The highest BCUT2D eigenvalue weighted by molar-refractivity contribution is 6.08. The van der Waals surface area contributed by atoms with Gasteiger partial charge in [-0.05, 0) is 13.0 Å². The molecule has 0 bridgehead atoms. The summed E-state index contributed by atoms with van der Waals surface area (Å²) in [4.78, 5) is 28.2. The van der Waals surface area contributed by atoms with E-state index in [1.807, 2.05) is 0 Å². The summed E-state index contributed by atoms with van der Waals surface area (Å²) in [6.45, 7) is 1.29. The van der Waals surface area contributed by atoms with Gasteiger partial charge in [0, 0.05) is 6.07 Å². The van der Waals surface area contributed by atoms with E-state index in [1.165, 1.54) is 25.4 Å². The highest BCUT2D eigenvalue weighted by atomic mass is 16.6. The lowest BCUT2D eigenvalue weighted by atomic mass is 10.1. The number of nitrogens with one attached hydrogen (secondary N) is 1. The van der Waals surface area contributed by atoms with E-state index < -0.39 is 4.92 Å². The maximum absolute atomic E-state index is 11.3. The first-order valence-electron chi connectivity index (χ1n) is 4.22. The number of rotatable bonds is 2. The number of hydrogen-bond donors (Lipinski definition) is 1. The molecular formula is C9H7N3O3. The summed E-state index contributed by atoms with van der Waals surface area (Å²) in [5.41, 5.74) is 0.809. The first kappa shape index (κ1) is 9.32. The van der Waals surface area contributed by atoms with Gasteiger partial charge in [0.1, 0.15) is 11.1 Å². The monoisotopic (exact) mass is 205 g/mol.